The highest BCUT2D eigenvalue weighted by Gasteiger charge is 2.43. The normalized spacial score (nSPS) is 26.4. The third kappa shape index (κ3) is 2.28. The van der Waals surface area contributed by atoms with Gasteiger partial charge in [0.2, 0.25) is 0 Å². The van der Waals surface area contributed by atoms with Crippen LogP contribution in [0.3, 0.4) is 0 Å². The van der Waals surface area contributed by atoms with Crippen LogP contribution in [0.5, 0.6) is 0 Å². The first kappa shape index (κ1) is 13.0. The van der Waals surface area contributed by atoms with Crippen LogP contribution in [0.25, 0.3) is 0 Å². The first-order valence-corrected chi connectivity index (χ1v) is 9.27. The van der Waals surface area contributed by atoms with Gasteiger partial charge in [-0.3, -0.25) is 4.79 Å². The van der Waals surface area contributed by atoms with Crippen molar-refractivity contribution >= 4 is 38.3 Å². The molecule has 0 N–H and O–H groups in total. The van der Waals surface area contributed by atoms with E-state index in [4.69, 9.17) is 0 Å². The molecule has 3 nitrogen and oxygen atoms in total. The summed E-state index contributed by atoms with van der Waals surface area (Å²) >= 11 is 2.81. The Bertz CT molecular complexity index is 617. The van der Waals surface area contributed by atoms with Gasteiger partial charge in [0.25, 0.3) is 0 Å². The molecule has 3 rings (SSSR count). The summed E-state index contributed by atoms with van der Waals surface area (Å²) in [5.41, 5.74) is 0. The molecule has 0 bridgehead atoms. The number of thiophene rings is 2. The summed E-state index contributed by atoms with van der Waals surface area (Å²) in [5, 5.41) is 2.37. The van der Waals surface area contributed by atoms with Gasteiger partial charge in [0.05, 0.1) is 0 Å². The molecule has 100 valence electrons. The third-order valence-electron chi connectivity index (χ3n) is 3.34. The Kier molecular flexibility index (Phi) is 3.32. The molecule has 0 aromatic carbocycles. The van der Waals surface area contributed by atoms with E-state index in [1.54, 1.807) is 12.1 Å². The Morgan fingerprint density at radius 1 is 0.947 bits per heavy atom. The molecule has 6 heteroatoms. The Morgan fingerprint density at radius 2 is 1.42 bits per heavy atom. The fourth-order valence-corrected chi connectivity index (χ4v) is 6.99. The van der Waals surface area contributed by atoms with E-state index >= 15 is 0 Å². The molecular weight excluding hydrogens is 300 g/mol. The van der Waals surface area contributed by atoms with Gasteiger partial charge < -0.3 is 0 Å². The van der Waals surface area contributed by atoms with Gasteiger partial charge in [-0.1, -0.05) is 12.1 Å². The second-order valence-corrected chi connectivity index (χ2v) is 8.82. The van der Waals surface area contributed by atoms with Crippen LogP contribution in [-0.2, 0) is 14.6 Å². The molecule has 1 fully saturated rings. The van der Waals surface area contributed by atoms with Gasteiger partial charge in [-0.05, 0) is 22.9 Å². The molecule has 0 saturated carbocycles. The van der Waals surface area contributed by atoms with Crippen molar-refractivity contribution in [3.8, 4) is 0 Å². The van der Waals surface area contributed by atoms with E-state index in [1.807, 2.05) is 22.9 Å². The van der Waals surface area contributed by atoms with Crippen molar-refractivity contribution in [1.82, 2.24) is 0 Å². The number of Topliss-reactive ketones (excluding diaryl/α,β-unsaturated/α-hetero) is 1. The van der Waals surface area contributed by atoms with Crippen molar-refractivity contribution in [2.75, 3.05) is 0 Å². The molecule has 0 amide bonds. The highest BCUT2D eigenvalue weighted by molar-refractivity contribution is 7.92. The first-order valence-electron chi connectivity index (χ1n) is 5.90. The summed E-state index contributed by atoms with van der Waals surface area (Å²) in [4.78, 5) is 13.5. The van der Waals surface area contributed by atoms with Crippen molar-refractivity contribution < 1.29 is 13.2 Å². The number of ketones is 1. The molecule has 1 aliphatic heterocycles. The molecule has 0 unspecified atom stereocenters. The van der Waals surface area contributed by atoms with E-state index in [-0.39, 0.29) is 18.6 Å². The van der Waals surface area contributed by atoms with E-state index in [1.165, 1.54) is 22.7 Å². The van der Waals surface area contributed by atoms with Gasteiger partial charge in [-0.25, -0.2) is 8.42 Å². The third-order valence-corrected chi connectivity index (χ3v) is 8.04. The average molecular weight is 312 g/mol. The fourth-order valence-electron chi connectivity index (χ4n) is 2.40. The minimum absolute atomic E-state index is 0.0339. The molecule has 2 aromatic rings. The van der Waals surface area contributed by atoms with E-state index in [0.29, 0.717) is 0 Å². The van der Waals surface area contributed by atoms with Crippen LogP contribution < -0.4 is 0 Å². The zero-order valence-electron chi connectivity index (χ0n) is 9.98. The Labute approximate surface area is 119 Å². The molecule has 0 spiro atoms. The summed E-state index contributed by atoms with van der Waals surface area (Å²) in [6, 6.07) is 7.26. The standard InChI is InChI=1S/C13H12O3S3/c14-9-7-12(10-3-1-5-17-10)19(15,16)13(8-9)11-4-2-6-18-11/h1-6,12-13H,7-8H2/t12-,13+. The van der Waals surface area contributed by atoms with Gasteiger partial charge in [0.15, 0.2) is 9.84 Å². The van der Waals surface area contributed by atoms with Gasteiger partial charge >= 0.3 is 0 Å². The first-order chi connectivity index (χ1) is 9.09. The zero-order chi connectivity index (χ0) is 13.5. The monoisotopic (exact) mass is 312 g/mol. The van der Waals surface area contributed by atoms with Crippen LogP contribution in [0.1, 0.15) is 33.1 Å². The molecule has 2 atom stereocenters. The van der Waals surface area contributed by atoms with Crippen molar-refractivity contribution in [2.45, 2.75) is 23.3 Å². The molecule has 19 heavy (non-hydrogen) atoms. The summed E-state index contributed by atoms with van der Waals surface area (Å²) in [5.74, 6) is 0.0339. The number of rotatable bonds is 2. The predicted octanol–water partition coefficient (Wildman–Crippen LogP) is 3.37. The molecule has 1 aliphatic rings. The molecule has 3 heterocycles. The maximum absolute atomic E-state index is 12.7. The quantitative estimate of drug-likeness (QED) is 0.854. The second kappa shape index (κ2) is 4.85. The van der Waals surface area contributed by atoms with Crippen molar-refractivity contribution in [3.05, 3.63) is 44.8 Å². The van der Waals surface area contributed by atoms with Gasteiger partial charge in [0.1, 0.15) is 16.3 Å². The topological polar surface area (TPSA) is 51.2 Å². The van der Waals surface area contributed by atoms with E-state index in [2.05, 4.69) is 0 Å². The minimum Gasteiger partial charge on any atom is -0.300 e. The smallest absolute Gasteiger partial charge is 0.166 e. The van der Waals surface area contributed by atoms with Crippen molar-refractivity contribution in [2.24, 2.45) is 0 Å². The van der Waals surface area contributed by atoms with Crippen LogP contribution >= 0.6 is 22.7 Å². The lowest BCUT2D eigenvalue weighted by Crippen LogP contribution is -2.29. The van der Waals surface area contributed by atoms with Crippen LogP contribution in [0.2, 0.25) is 0 Å². The maximum Gasteiger partial charge on any atom is 0.166 e. The van der Waals surface area contributed by atoms with Crippen LogP contribution in [0.4, 0.5) is 0 Å². The average Bonchev–Trinajstić information content (AvgIpc) is 3.03. The van der Waals surface area contributed by atoms with E-state index < -0.39 is 20.3 Å². The summed E-state index contributed by atoms with van der Waals surface area (Å²) in [6.45, 7) is 0. The van der Waals surface area contributed by atoms with Crippen molar-refractivity contribution in [3.63, 3.8) is 0 Å². The number of hydrogen-bond donors (Lipinski definition) is 0. The molecule has 1 saturated heterocycles. The molecule has 0 radical (unpaired) electrons. The second-order valence-electron chi connectivity index (χ2n) is 4.54. The van der Waals surface area contributed by atoms with Crippen LogP contribution in [0.15, 0.2) is 35.0 Å². The Hall–Kier alpha value is -0.980. The Morgan fingerprint density at radius 3 is 1.79 bits per heavy atom. The van der Waals surface area contributed by atoms with Crippen molar-refractivity contribution in [1.29, 1.82) is 0 Å². The summed E-state index contributed by atoms with van der Waals surface area (Å²) < 4.78 is 25.4. The van der Waals surface area contributed by atoms with E-state index in [0.717, 1.165) is 9.75 Å². The number of sulfone groups is 1. The zero-order valence-corrected chi connectivity index (χ0v) is 12.4. The molecule has 2 aromatic heterocycles. The predicted molar refractivity (Wildman–Crippen MR) is 77.3 cm³/mol. The lowest BCUT2D eigenvalue weighted by atomic mass is 10.1. The van der Waals surface area contributed by atoms with Gasteiger partial charge in [0, 0.05) is 22.6 Å². The minimum atomic E-state index is -3.34. The SMILES string of the molecule is O=C1C[C@H](c2cccs2)S(=O)(=O)[C@H](c2cccs2)C1. The van der Waals surface area contributed by atoms with E-state index in [9.17, 15) is 13.2 Å². The Balaban J connectivity index is 2.06. The number of carbonyl (C=O) groups excluding carboxylic acids is 1. The number of carbonyl (C=O) groups is 1. The lowest BCUT2D eigenvalue weighted by Gasteiger charge is -2.27. The maximum atomic E-state index is 12.7. The van der Waals surface area contributed by atoms with Crippen LogP contribution in [-0.4, -0.2) is 14.2 Å². The van der Waals surface area contributed by atoms with Crippen LogP contribution in [0, 0.1) is 0 Å². The molecular formula is C13H12O3S3. The summed E-state index contributed by atoms with van der Waals surface area (Å²) in [6.07, 6.45) is 0.232. The lowest BCUT2D eigenvalue weighted by molar-refractivity contribution is -0.119. The molecule has 0 aliphatic carbocycles. The van der Waals surface area contributed by atoms with Gasteiger partial charge in [-0.15, -0.1) is 22.7 Å². The van der Waals surface area contributed by atoms with Gasteiger partial charge in [-0.2, -0.15) is 0 Å². The highest BCUT2D eigenvalue weighted by atomic mass is 32.2. The highest BCUT2D eigenvalue weighted by Crippen LogP contribution is 2.45. The largest absolute Gasteiger partial charge is 0.300 e. The summed E-state index contributed by atoms with van der Waals surface area (Å²) in [7, 11) is -3.34. The fraction of sp³-hybridized carbons (Fsp3) is 0.308. The number of hydrogen-bond acceptors (Lipinski definition) is 5.